The summed E-state index contributed by atoms with van der Waals surface area (Å²) in [4.78, 5) is 35.9. The van der Waals surface area contributed by atoms with Crippen LogP contribution in [0.5, 0.6) is 5.75 Å². The van der Waals surface area contributed by atoms with Crippen molar-refractivity contribution in [2.45, 2.75) is 6.18 Å². The molecule has 10 nitrogen and oxygen atoms in total. The first-order valence-corrected chi connectivity index (χ1v) is 11.6. The van der Waals surface area contributed by atoms with E-state index >= 15 is 0 Å². The van der Waals surface area contributed by atoms with E-state index in [1.54, 1.807) is 6.07 Å². The molecular weight excluding hydrogens is 503 g/mol. The van der Waals surface area contributed by atoms with Crippen LogP contribution in [0.4, 0.5) is 42.0 Å². The Morgan fingerprint density at radius 3 is 2.39 bits per heavy atom. The van der Waals surface area contributed by atoms with E-state index in [1.165, 1.54) is 31.4 Å². The molecule has 1 aliphatic rings. The summed E-state index contributed by atoms with van der Waals surface area (Å²) in [5.41, 5.74) is 5.05. The number of alkyl halides is 3. The maximum atomic E-state index is 13.8. The number of likely N-dealkylation sites (N-methyl/N-ethyl adjacent to an activating group) is 1. The second-order valence-corrected chi connectivity index (χ2v) is 8.62. The Hall–Kier alpha value is -4.39. The summed E-state index contributed by atoms with van der Waals surface area (Å²) < 4.78 is 46.8. The fourth-order valence-corrected chi connectivity index (χ4v) is 3.96. The van der Waals surface area contributed by atoms with Crippen LogP contribution in [0.1, 0.15) is 15.9 Å². The molecule has 1 fully saturated rings. The maximum absolute atomic E-state index is 13.8. The molecule has 38 heavy (non-hydrogen) atoms. The second-order valence-electron chi connectivity index (χ2n) is 8.62. The number of aromatic nitrogens is 2. The Morgan fingerprint density at radius 2 is 1.74 bits per heavy atom. The molecule has 1 aromatic heterocycles. The van der Waals surface area contributed by atoms with Gasteiger partial charge in [-0.1, -0.05) is 12.1 Å². The van der Waals surface area contributed by atoms with Crippen molar-refractivity contribution in [3.63, 3.8) is 0 Å². The number of Topliss-reactive ketones (excluding diaryl/α,β-unsaturated/α-hetero) is 1. The Bertz CT molecular complexity index is 1340. The quantitative estimate of drug-likeness (QED) is 0.297. The van der Waals surface area contributed by atoms with E-state index in [2.05, 4.69) is 37.4 Å². The number of benzene rings is 2. The number of nitrogens with one attached hydrogen (secondary N) is 2. The molecule has 3 aromatic rings. The molecule has 0 bridgehead atoms. The van der Waals surface area contributed by atoms with Crippen molar-refractivity contribution in [3.8, 4) is 5.75 Å². The number of hydrogen-bond donors (Lipinski definition) is 3. The van der Waals surface area contributed by atoms with Gasteiger partial charge in [-0.15, -0.1) is 0 Å². The van der Waals surface area contributed by atoms with Crippen molar-refractivity contribution >= 4 is 40.5 Å². The van der Waals surface area contributed by atoms with Gasteiger partial charge in [0.1, 0.15) is 17.1 Å². The number of para-hydroxylation sites is 1. The summed E-state index contributed by atoms with van der Waals surface area (Å²) in [6, 6.07) is 11.0. The van der Waals surface area contributed by atoms with Gasteiger partial charge in [0, 0.05) is 44.1 Å². The predicted octanol–water partition coefficient (Wildman–Crippen LogP) is 3.41. The predicted molar refractivity (Wildman–Crippen MR) is 136 cm³/mol. The number of ketones is 1. The number of hydrogen-bond acceptors (Lipinski definition) is 9. The average molecular weight is 530 g/mol. The third-order valence-corrected chi connectivity index (χ3v) is 6.04. The lowest BCUT2D eigenvalue weighted by molar-refractivity contribution is -0.137. The van der Waals surface area contributed by atoms with Crippen molar-refractivity contribution in [3.05, 3.63) is 59.8 Å². The minimum Gasteiger partial charge on any atom is -0.494 e. The van der Waals surface area contributed by atoms with Crippen LogP contribution in [-0.4, -0.2) is 66.9 Å². The van der Waals surface area contributed by atoms with Crippen LogP contribution in [0.2, 0.25) is 0 Å². The Labute approximate surface area is 216 Å². The molecule has 0 unspecified atom stereocenters. The molecule has 0 spiro atoms. The normalized spacial score (nSPS) is 14.2. The van der Waals surface area contributed by atoms with E-state index in [9.17, 15) is 22.8 Å². The fraction of sp³-hybridized carbons (Fsp3) is 0.280. The maximum Gasteiger partial charge on any atom is 0.421 e. The van der Waals surface area contributed by atoms with E-state index in [0.717, 1.165) is 31.9 Å². The van der Waals surface area contributed by atoms with Crippen LogP contribution in [-0.2, 0) is 11.0 Å². The van der Waals surface area contributed by atoms with E-state index in [0.29, 0.717) is 17.6 Å². The van der Waals surface area contributed by atoms with Gasteiger partial charge in [-0.25, -0.2) is 4.98 Å². The van der Waals surface area contributed by atoms with Gasteiger partial charge in [0.15, 0.2) is 0 Å². The Morgan fingerprint density at radius 1 is 1.03 bits per heavy atom. The van der Waals surface area contributed by atoms with Gasteiger partial charge in [-0.05, 0) is 31.3 Å². The highest BCUT2D eigenvalue weighted by Gasteiger charge is 2.36. The third kappa shape index (κ3) is 5.94. The van der Waals surface area contributed by atoms with E-state index in [-0.39, 0.29) is 17.2 Å². The number of methoxy groups -OCH3 is 1. The minimum absolute atomic E-state index is 0.0689. The first kappa shape index (κ1) is 26.7. The summed E-state index contributed by atoms with van der Waals surface area (Å²) >= 11 is 0. The minimum atomic E-state index is -4.80. The molecule has 1 amide bonds. The number of carbonyl (C=O) groups excluding carboxylic acids is 2. The van der Waals surface area contributed by atoms with Crippen molar-refractivity contribution in [1.82, 2.24) is 14.9 Å². The monoisotopic (exact) mass is 529 g/mol. The number of ether oxygens (including phenoxy) is 1. The first-order valence-electron chi connectivity index (χ1n) is 11.6. The van der Waals surface area contributed by atoms with Gasteiger partial charge in [0.2, 0.25) is 5.95 Å². The van der Waals surface area contributed by atoms with Crippen LogP contribution in [0.15, 0.2) is 48.7 Å². The van der Waals surface area contributed by atoms with Crippen molar-refractivity contribution in [1.29, 1.82) is 0 Å². The zero-order valence-corrected chi connectivity index (χ0v) is 20.7. The lowest BCUT2D eigenvalue weighted by atomic mass is 10.1. The van der Waals surface area contributed by atoms with E-state index in [1.807, 2.05) is 12.1 Å². The molecule has 2 aromatic carbocycles. The Balaban J connectivity index is 1.65. The topological polar surface area (TPSA) is 126 Å². The largest absolute Gasteiger partial charge is 0.494 e. The summed E-state index contributed by atoms with van der Waals surface area (Å²) in [6.45, 7) is 3.55. The molecule has 200 valence electrons. The van der Waals surface area contributed by atoms with Crippen LogP contribution in [0, 0.1) is 0 Å². The first-order chi connectivity index (χ1) is 18.1. The number of piperazine rings is 1. The highest BCUT2D eigenvalue weighted by Crippen LogP contribution is 2.37. The molecule has 4 rings (SSSR count). The number of carbonyl (C=O) groups is 2. The number of rotatable bonds is 8. The van der Waals surface area contributed by atoms with Gasteiger partial charge in [0.05, 0.1) is 24.0 Å². The number of nitrogens with two attached hydrogens (primary N) is 1. The highest BCUT2D eigenvalue weighted by molar-refractivity contribution is 6.43. The van der Waals surface area contributed by atoms with Crippen LogP contribution >= 0.6 is 0 Å². The van der Waals surface area contributed by atoms with Gasteiger partial charge in [0.25, 0.3) is 11.7 Å². The number of amides is 1. The molecule has 2 heterocycles. The highest BCUT2D eigenvalue weighted by atomic mass is 19.4. The lowest BCUT2D eigenvalue weighted by Gasteiger charge is -2.34. The van der Waals surface area contributed by atoms with Crippen LogP contribution in [0.25, 0.3) is 0 Å². The molecular formula is C25H26F3N7O3. The number of primary amides is 1. The van der Waals surface area contributed by atoms with Crippen LogP contribution in [0.3, 0.4) is 0 Å². The summed E-state index contributed by atoms with van der Waals surface area (Å²) in [5, 5.41) is 5.41. The molecule has 0 saturated carbocycles. The summed E-state index contributed by atoms with van der Waals surface area (Å²) in [6.07, 6.45) is -4.17. The van der Waals surface area contributed by atoms with Crippen LogP contribution < -0.4 is 26.0 Å². The SMILES string of the molecule is COc1cc(N2CCN(C)CC2)ccc1Nc1ncc(C(F)(F)F)c(Nc2ccccc2C(=O)C(N)=O)n1. The summed E-state index contributed by atoms with van der Waals surface area (Å²) in [7, 11) is 3.55. The zero-order valence-electron chi connectivity index (χ0n) is 20.7. The average Bonchev–Trinajstić information content (AvgIpc) is 2.88. The standard InChI is InChI=1S/C25H26F3N7O3/c1-34-9-11-35(12-10-34)15-7-8-19(20(13-15)38-2)32-24-30-14-17(25(26,27)28)23(33-24)31-18-6-4-3-5-16(18)21(36)22(29)37/h3-8,13-14H,9-12H2,1-2H3,(H2,29,37)(H2,30,31,32,33). The summed E-state index contributed by atoms with van der Waals surface area (Å²) in [5.74, 6) is -2.61. The molecule has 1 saturated heterocycles. The number of anilines is 5. The lowest BCUT2D eigenvalue weighted by Crippen LogP contribution is -2.44. The van der Waals surface area contributed by atoms with Gasteiger partial charge < -0.3 is 30.9 Å². The molecule has 0 atom stereocenters. The Kier molecular flexibility index (Phi) is 7.67. The second kappa shape index (κ2) is 10.9. The molecule has 1 aliphatic heterocycles. The van der Waals surface area contributed by atoms with Gasteiger partial charge in [-0.3, -0.25) is 9.59 Å². The zero-order chi connectivity index (χ0) is 27.4. The fourth-order valence-electron chi connectivity index (χ4n) is 3.96. The van der Waals surface area contributed by atoms with E-state index < -0.39 is 29.2 Å². The van der Waals surface area contributed by atoms with E-state index in [4.69, 9.17) is 10.5 Å². The molecule has 0 radical (unpaired) electrons. The van der Waals surface area contributed by atoms with Gasteiger partial charge in [-0.2, -0.15) is 18.2 Å². The number of nitrogens with zero attached hydrogens (tertiary/aromatic N) is 4. The molecule has 13 heteroatoms. The smallest absolute Gasteiger partial charge is 0.421 e. The molecule has 0 aliphatic carbocycles. The van der Waals surface area contributed by atoms with Crippen molar-refractivity contribution in [2.75, 3.05) is 55.9 Å². The van der Waals surface area contributed by atoms with Gasteiger partial charge >= 0.3 is 6.18 Å². The number of halogens is 3. The van der Waals surface area contributed by atoms with Crippen molar-refractivity contribution in [2.24, 2.45) is 5.73 Å². The molecule has 4 N–H and O–H groups in total. The third-order valence-electron chi connectivity index (χ3n) is 6.04. The van der Waals surface area contributed by atoms with Crippen molar-refractivity contribution < 1.29 is 27.5 Å².